The van der Waals surface area contributed by atoms with E-state index in [-0.39, 0.29) is 11.9 Å². The molecule has 1 heterocycles. The van der Waals surface area contributed by atoms with Crippen molar-refractivity contribution in [3.63, 3.8) is 0 Å². The molecule has 1 atom stereocenters. The van der Waals surface area contributed by atoms with Gasteiger partial charge in [0.15, 0.2) is 0 Å². The molecule has 1 saturated carbocycles. The normalized spacial score (nSPS) is 19.5. The van der Waals surface area contributed by atoms with Gasteiger partial charge in [0, 0.05) is 4.88 Å². The third kappa shape index (κ3) is 2.28. The number of hydrogen-bond acceptors (Lipinski definition) is 3. The molecule has 2 rings (SSSR count). The van der Waals surface area contributed by atoms with Crippen LogP contribution in [0.5, 0.6) is 0 Å². The Hall–Kier alpha value is -0.870. The standard InChI is InChI=1S/C12H18N2OS/c1-8(2)10(9-4-3-7-16-9)14-11(15)12(13)5-6-12/h3-4,7-8,10H,5-6,13H2,1-2H3,(H,14,15). The summed E-state index contributed by atoms with van der Waals surface area (Å²) in [7, 11) is 0. The number of nitrogens with two attached hydrogens (primary N) is 1. The number of nitrogens with one attached hydrogen (secondary N) is 1. The SMILES string of the molecule is CC(C)C(NC(=O)C1(N)CC1)c1cccs1. The first-order valence-corrected chi connectivity index (χ1v) is 6.54. The lowest BCUT2D eigenvalue weighted by atomic mass is 10.0. The van der Waals surface area contributed by atoms with Gasteiger partial charge in [0.05, 0.1) is 11.6 Å². The van der Waals surface area contributed by atoms with Crippen molar-refractivity contribution < 1.29 is 4.79 Å². The summed E-state index contributed by atoms with van der Waals surface area (Å²) in [6.45, 7) is 4.22. The lowest BCUT2D eigenvalue weighted by Crippen LogP contribution is -2.45. The molecule has 1 aliphatic carbocycles. The second-order valence-corrected chi connectivity index (χ2v) is 5.85. The van der Waals surface area contributed by atoms with Gasteiger partial charge in [-0.2, -0.15) is 0 Å². The van der Waals surface area contributed by atoms with Crippen LogP contribution in [0.15, 0.2) is 17.5 Å². The highest BCUT2D eigenvalue weighted by atomic mass is 32.1. The Morgan fingerprint density at radius 2 is 2.25 bits per heavy atom. The minimum absolute atomic E-state index is 0.000370. The first-order chi connectivity index (χ1) is 7.53. The second-order valence-electron chi connectivity index (χ2n) is 4.87. The van der Waals surface area contributed by atoms with Crippen LogP contribution in [-0.2, 0) is 4.79 Å². The predicted molar refractivity (Wildman–Crippen MR) is 66.2 cm³/mol. The van der Waals surface area contributed by atoms with Gasteiger partial charge in [-0.1, -0.05) is 19.9 Å². The monoisotopic (exact) mass is 238 g/mol. The number of hydrogen-bond donors (Lipinski definition) is 2. The molecule has 0 aromatic carbocycles. The van der Waals surface area contributed by atoms with Crippen LogP contribution in [0.2, 0.25) is 0 Å². The van der Waals surface area contributed by atoms with Crippen molar-refractivity contribution in [2.24, 2.45) is 11.7 Å². The van der Waals surface area contributed by atoms with E-state index in [1.54, 1.807) is 11.3 Å². The van der Waals surface area contributed by atoms with Gasteiger partial charge in [0.1, 0.15) is 0 Å². The number of amides is 1. The van der Waals surface area contributed by atoms with Crippen molar-refractivity contribution in [3.05, 3.63) is 22.4 Å². The molecule has 1 fully saturated rings. The van der Waals surface area contributed by atoms with Crippen molar-refractivity contribution in [2.75, 3.05) is 0 Å². The van der Waals surface area contributed by atoms with E-state index >= 15 is 0 Å². The maximum absolute atomic E-state index is 11.9. The molecule has 88 valence electrons. The van der Waals surface area contributed by atoms with E-state index in [0.717, 1.165) is 12.8 Å². The first-order valence-electron chi connectivity index (χ1n) is 5.66. The molecule has 0 aliphatic heterocycles. The van der Waals surface area contributed by atoms with Crippen LogP contribution in [0.3, 0.4) is 0 Å². The van der Waals surface area contributed by atoms with Crippen molar-refractivity contribution >= 4 is 17.2 Å². The van der Waals surface area contributed by atoms with Crippen LogP contribution in [-0.4, -0.2) is 11.4 Å². The van der Waals surface area contributed by atoms with E-state index in [2.05, 4.69) is 25.2 Å². The van der Waals surface area contributed by atoms with Crippen LogP contribution in [0, 0.1) is 5.92 Å². The van der Waals surface area contributed by atoms with E-state index in [9.17, 15) is 4.79 Å². The molecule has 3 N–H and O–H groups in total. The molecular weight excluding hydrogens is 220 g/mol. The Morgan fingerprint density at radius 3 is 2.69 bits per heavy atom. The molecule has 16 heavy (non-hydrogen) atoms. The Bertz CT molecular complexity index is 368. The number of rotatable bonds is 4. The zero-order valence-electron chi connectivity index (χ0n) is 9.69. The molecule has 1 unspecified atom stereocenters. The van der Waals surface area contributed by atoms with Gasteiger partial charge >= 0.3 is 0 Å². The summed E-state index contributed by atoms with van der Waals surface area (Å²) in [6, 6.07) is 4.16. The molecule has 1 aromatic heterocycles. The minimum Gasteiger partial charge on any atom is -0.347 e. The lowest BCUT2D eigenvalue weighted by molar-refractivity contribution is -0.124. The molecule has 1 aromatic rings. The highest BCUT2D eigenvalue weighted by Crippen LogP contribution is 2.34. The molecule has 1 amide bonds. The molecule has 4 heteroatoms. The molecule has 0 saturated heterocycles. The fourth-order valence-corrected chi connectivity index (χ4v) is 2.63. The summed E-state index contributed by atoms with van der Waals surface area (Å²) < 4.78 is 0. The second kappa shape index (κ2) is 4.18. The average molecular weight is 238 g/mol. The Morgan fingerprint density at radius 1 is 1.56 bits per heavy atom. The summed E-state index contributed by atoms with van der Waals surface area (Å²) in [5.74, 6) is 0.379. The Labute approximate surface area is 100 Å². The zero-order valence-corrected chi connectivity index (χ0v) is 10.5. The Balaban J connectivity index is 2.07. The smallest absolute Gasteiger partial charge is 0.240 e. The van der Waals surface area contributed by atoms with Crippen LogP contribution >= 0.6 is 11.3 Å². The van der Waals surface area contributed by atoms with Gasteiger partial charge in [-0.3, -0.25) is 4.79 Å². The fourth-order valence-electron chi connectivity index (χ4n) is 1.68. The number of carbonyl (C=O) groups excluding carboxylic acids is 1. The van der Waals surface area contributed by atoms with Crippen LogP contribution in [0.4, 0.5) is 0 Å². The zero-order chi connectivity index (χ0) is 11.8. The van der Waals surface area contributed by atoms with Crippen molar-refractivity contribution in [3.8, 4) is 0 Å². The summed E-state index contributed by atoms with van der Waals surface area (Å²) in [5.41, 5.74) is 5.30. The van der Waals surface area contributed by atoms with Crippen molar-refractivity contribution in [1.82, 2.24) is 5.32 Å². The maximum atomic E-state index is 11.9. The van der Waals surface area contributed by atoms with Gasteiger partial charge < -0.3 is 11.1 Å². The molecule has 0 bridgehead atoms. The molecule has 0 spiro atoms. The van der Waals surface area contributed by atoms with Crippen molar-refractivity contribution in [2.45, 2.75) is 38.3 Å². The lowest BCUT2D eigenvalue weighted by Gasteiger charge is -2.23. The van der Waals surface area contributed by atoms with Crippen LogP contribution in [0.25, 0.3) is 0 Å². The van der Waals surface area contributed by atoms with Crippen LogP contribution in [0.1, 0.15) is 37.6 Å². The summed E-state index contributed by atoms with van der Waals surface area (Å²) in [4.78, 5) is 13.1. The van der Waals surface area contributed by atoms with Crippen LogP contribution < -0.4 is 11.1 Å². The third-order valence-corrected chi connectivity index (χ3v) is 4.00. The van der Waals surface area contributed by atoms with Gasteiger partial charge in [-0.25, -0.2) is 0 Å². The minimum atomic E-state index is -0.579. The van der Waals surface area contributed by atoms with Crippen molar-refractivity contribution in [1.29, 1.82) is 0 Å². The Kier molecular flexibility index (Phi) is 3.04. The number of thiophene rings is 1. The third-order valence-electron chi connectivity index (χ3n) is 3.04. The van der Waals surface area contributed by atoms with E-state index in [4.69, 9.17) is 5.73 Å². The highest BCUT2D eigenvalue weighted by Gasteiger charge is 2.46. The molecule has 0 radical (unpaired) electrons. The van der Waals surface area contributed by atoms with E-state index in [1.165, 1.54) is 4.88 Å². The van der Waals surface area contributed by atoms with E-state index < -0.39 is 5.54 Å². The van der Waals surface area contributed by atoms with Gasteiger partial charge in [-0.15, -0.1) is 11.3 Å². The van der Waals surface area contributed by atoms with Gasteiger partial charge in [-0.05, 0) is 30.2 Å². The predicted octanol–water partition coefficient (Wildman–Crippen LogP) is 2.05. The molecule has 3 nitrogen and oxygen atoms in total. The topological polar surface area (TPSA) is 55.1 Å². The van der Waals surface area contributed by atoms with E-state index in [1.807, 2.05) is 11.4 Å². The van der Waals surface area contributed by atoms with E-state index in [0.29, 0.717) is 5.92 Å². The number of carbonyl (C=O) groups is 1. The molecular formula is C12H18N2OS. The summed E-state index contributed by atoms with van der Waals surface area (Å²) in [6.07, 6.45) is 1.63. The summed E-state index contributed by atoms with van der Waals surface area (Å²) in [5, 5.41) is 5.10. The van der Waals surface area contributed by atoms with Gasteiger partial charge in [0.2, 0.25) is 5.91 Å². The quantitative estimate of drug-likeness (QED) is 0.843. The molecule has 1 aliphatic rings. The maximum Gasteiger partial charge on any atom is 0.240 e. The summed E-state index contributed by atoms with van der Waals surface area (Å²) >= 11 is 1.68. The fraction of sp³-hybridized carbons (Fsp3) is 0.583. The highest BCUT2D eigenvalue weighted by molar-refractivity contribution is 7.10. The largest absolute Gasteiger partial charge is 0.347 e. The average Bonchev–Trinajstić information content (AvgIpc) is 2.80. The van der Waals surface area contributed by atoms with Gasteiger partial charge in [0.25, 0.3) is 0 Å². The first kappa shape index (κ1) is 11.6.